The van der Waals surface area contributed by atoms with Crippen LogP contribution in [0.4, 0.5) is 5.69 Å². The molecule has 4 rings (SSSR count). The number of amides is 1. The minimum Gasteiger partial charge on any atom is -0.452 e. The molecule has 0 fully saturated rings. The van der Waals surface area contributed by atoms with Crippen molar-refractivity contribution >= 4 is 45.7 Å². The van der Waals surface area contributed by atoms with Gasteiger partial charge in [-0.3, -0.25) is 9.59 Å². The number of carbonyl (C=O) groups is 3. The lowest BCUT2D eigenvalue weighted by atomic mass is 10.1. The van der Waals surface area contributed by atoms with Gasteiger partial charge in [0.15, 0.2) is 6.61 Å². The van der Waals surface area contributed by atoms with Gasteiger partial charge in [-0.05, 0) is 43.3 Å². The van der Waals surface area contributed by atoms with Crippen molar-refractivity contribution < 1.29 is 19.1 Å². The fourth-order valence-electron chi connectivity index (χ4n) is 3.58. The SMILES string of the molecule is CCn1c2ccccc2c2cc(NC(=O)COC(=O)c3ccc(C=O)cc3)ccc21. The van der Waals surface area contributed by atoms with Crippen molar-refractivity contribution in [3.8, 4) is 0 Å². The molecule has 3 aromatic carbocycles. The van der Waals surface area contributed by atoms with Crippen LogP contribution in [0, 0.1) is 0 Å². The van der Waals surface area contributed by atoms with Gasteiger partial charge in [0.1, 0.15) is 6.29 Å². The number of nitrogens with one attached hydrogen (secondary N) is 1. The molecule has 6 heteroatoms. The van der Waals surface area contributed by atoms with E-state index in [1.807, 2.05) is 30.3 Å². The van der Waals surface area contributed by atoms with E-state index in [4.69, 9.17) is 4.74 Å². The standard InChI is InChI=1S/C24H20N2O4/c1-2-26-21-6-4-3-5-19(21)20-13-18(11-12-22(20)26)25-23(28)15-30-24(29)17-9-7-16(14-27)8-10-17/h3-14H,2,15H2,1H3,(H,25,28). The summed E-state index contributed by atoms with van der Waals surface area (Å²) in [5.74, 6) is -1.05. The number of aryl methyl sites for hydroxylation is 1. The minimum absolute atomic E-state index is 0.280. The highest BCUT2D eigenvalue weighted by Gasteiger charge is 2.13. The molecule has 6 nitrogen and oxygen atoms in total. The molecule has 0 unspecified atom stereocenters. The molecule has 0 aliphatic heterocycles. The number of aromatic nitrogens is 1. The summed E-state index contributed by atoms with van der Waals surface area (Å²) in [6.45, 7) is 2.55. The Labute approximate surface area is 173 Å². The molecule has 0 bridgehead atoms. The van der Waals surface area contributed by atoms with Crippen LogP contribution in [0.2, 0.25) is 0 Å². The molecule has 1 amide bonds. The average Bonchev–Trinajstić information content (AvgIpc) is 3.10. The summed E-state index contributed by atoms with van der Waals surface area (Å²) in [5.41, 5.74) is 3.62. The molecule has 0 saturated heterocycles. The highest BCUT2D eigenvalue weighted by Crippen LogP contribution is 2.30. The molecular weight excluding hydrogens is 380 g/mol. The van der Waals surface area contributed by atoms with Crippen molar-refractivity contribution in [2.45, 2.75) is 13.5 Å². The lowest BCUT2D eigenvalue weighted by molar-refractivity contribution is -0.119. The van der Waals surface area contributed by atoms with Gasteiger partial charge in [-0.25, -0.2) is 4.79 Å². The predicted octanol–water partition coefficient (Wildman–Crippen LogP) is 4.42. The summed E-state index contributed by atoms with van der Waals surface area (Å²) in [4.78, 5) is 35.0. The quantitative estimate of drug-likeness (QED) is 0.384. The van der Waals surface area contributed by atoms with Gasteiger partial charge in [0.25, 0.3) is 5.91 Å². The normalized spacial score (nSPS) is 10.8. The summed E-state index contributed by atoms with van der Waals surface area (Å²) in [6, 6.07) is 19.9. The highest BCUT2D eigenvalue weighted by atomic mass is 16.5. The first-order chi connectivity index (χ1) is 14.6. The van der Waals surface area contributed by atoms with Crippen LogP contribution in [0.15, 0.2) is 66.7 Å². The number of nitrogens with zero attached hydrogens (tertiary/aromatic N) is 1. The van der Waals surface area contributed by atoms with Gasteiger partial charge in [-0.2, -0.15) is 0 Å². The molecule has 0 spiro atoms. The van der Waals surface area contributed by atoms with Crippen LogP contribution in [0.3, 0.4) is 0 Å². The van der Waals surface area contributed by atoms with Crippen molar-refractivity contribution in [2.24, 2.45) is 0 Å². The third-order valence-corrected chi connectivity index (χ3v) is 4.99. The van der Waals surface area contributed by atoms with Crippen LogP contribution in [-0.2, 0) is 16.1 Å². The van der Waals surface area contributed by atoms with Gasteiger partial charge < -0.3 is 14.6 Å². The Morgan fingerprint density at radius 1 is 0.967 bits per heavy atom. The summed E-state index contributed by atoms with van der Waals surface area (Å²) in [5, 5.41) is 4.95. The first kappa shape index (κ1) is 19.4. The van der Waals surface area contributed by atoms with E-state index in [1.54, 1.807) is 0 Å². The first-order valence-corrected chi connectivity index (χ1v) is 9.64. The smallest absolute Gasteiger partial charge is 0.338 e. The molecule has 0 aliphatic rings. The van der Waals surface area contributed by atoms with Gasteiger partial charge in [0.05, 0.1) is 5.56 Å². The molecule has 30 heavy (non-hydrogen) atoms. The van der Waals surface area contributed by atoms with E-state index >= 15 is 0 Å². The Kier molecular flexibility index (Phi) is 5.30. The zero-order valence-corrected chi connectivity index (χ0v) is 16.4. The first-order valence-electron chi connectivity index (χ1n) is 9.64. The molecule has 0 radical (unpaired) electrons. The van der Waals surface area contributed by atoms with Crippen LogP contribution in [0.5, 0.6) is 0 Å². The van der Waals surface area contributed by atoms with E-state index in [1.165, 1.54) is 24.3 Å². The molecule has 1 aromatic heterocycles. The molecular formula is C24H20N2O4. The van der Waals surface area contributed by atoms with E-state index in [2.05, 4.69) is 28.9 Å². The Morgan fingerprint density at radius 2 is 1.70 bits per heavy atom. The van der Waals surface area contributed by atoms with Crippen molar-refractivity contribution in [3.63, 3.8) is 0 Å². The van der Waals surface area contributed by atoms with Crippen LogP contribution >= 0.6 is 0 Å². The van der Waals surface area contributed by atoms with Crippen LogP contribution in [0.1, 0.15) is 27.6 Å². The molecule has 1 N–H and O–H groups in total. The number of aldehydes is 1. The Bertz CT molecular complexity index is 1260. The second kappa shape index (κ2) is 8.21. The number of anilines is 1. The number of hydrogen-bond acceptors (Lipinski definition) is 4. The maximum Gasteiger partial charge on any atom is 0.338 e. The number of esters is 1. The summed E-state index contributed by atoms with van der Waals surface area (Å²) >= 11 is 0. The summed E-state index contributed by atoms with van der Waals surface area (Å²) in [6.07, 6.45) is 0.692. The molecule has 0 atom stereocenters. The summed E-state index contributed by atoms with van der Waals surface area (Å²) < 4.78 is 7.30. The van der Waals surface area contributed by atoms with Gasteiger partial charge in [0, 0.05) is 39.6 Å². The molecule has 4 aromatic rings. The van der Waals surface area contributed by atoms with Crippen molar-refractivity contribution in [1.82, 2.24) is 4.57 Å². The third kappa shape index (κ3) is 3.67. The molecule has 1 heterocycles. The van der Waals surface area contributed by atoms with Gasteiger partial charge >= 0.3 is 5.97 Å². The largest absolute Gasteiger partial charge is 0.452 e. The minimum atomic E-state index is -0.621. The maximum atomic E-state index is 12.3. The van der Waals surface area contributed by atoms with E-state index in [0.717, 1.165) is 28.4 Å². The van der Waals surface area contributed by atoms with Crippen molar-refractivity contribution in [1.29, 1.82) is 0 Å². The monoisotopic (exact) mass is 400 g/mol. The number of rotatable bonds is 6. The molecule has 0 aliphatic carbocycles. The maximum absolute atomic E-state index is 12.3. The van der Waals surface area contributed by atoms with E-state index in [-0.39, 0.29) is 5.56 Å². The zero-order valence-electron chi connectivity index (χ0n) is 16.4. The van der Waals surface area contributed by atoms with Gasteiger partial charge in [-0.1, -0.05) is 30.3 Å². The number of hydrogen-bond donors (Lipinski definition) is 1. The number of carbonyl (C=O) groups excluding carboxylic acids is 3. The predicted molar refractivity (Wildman–Crippen MR) is 116 cm³/mol. The lowest BCUT2D eigenvalue weighted by Gasteiger charge is -2.08. The second-order valence-electron chi connectivity index (χ2n) is 6.86. The zero-order chi connectivity index (χ0) is 21.1. The topological polar surface area (TPSA) is 77.4 Å². The second-order valence-corrected chi connectivity index (χ2v) is 6.86. The fraction of sp³-hybridized carbons (Fsp3) is 0.125. The van der Waals surface area contributed by atoms with Crippen molar-refractivity contribution in [3.05, 3.63) is 77.9 Å². The number of fused-ring (bicyclic) bond motifs is 3. The number of benzene rings is 3. The summed E-state index contributed by atoms with van der Waals surface area (Å²) in [7, 11) is 0. The number of para-hydroxylation sites is 1. The van der Waals surface area contributed by atoms with Crippen LogP contribution in [0.25, 0.3) is 21.8 Å². The van der Waals surface area contributed by atoms with E-state index in [0.29, 0.717) is 17.5 Å². The van der Waals surface area contributed by atoms with Gasteiger partial charge in [0.2, 0.25) is 0 Å². The fourth-order valence-corrected chi connectivity index (χ4v) is 3.58. The Balaban J connectivity index is 1.47. The molecule has 150 valence electrons. The molecule has 0 saturated carbocycles. The van der Waals surface area contributed by atoms with Crippen LogP contribution < -0.4 is 5.32 Å². The highest BCUT2D eigenvalue weighted by molar-refractivity contribution is 6.10. The number of ether oxygens (including phenoxy) is 1. The Hall–Kier alpha value is -3.93. The van der Waals surface area contributed by atoms with Crippen molar-refractivity contribution in [2.75, 3.05) is 11.9 Å². The van der Waals surface area contributed by atoms with E-state index < -0.39 is 18.5 Å². The van der Waals surface area contributed by atoms with Gasteiger partial charge in [-0.15, -0.1) is 0 Å². The third-order valence-electron chi connectivity index (χ3n) is 4.99. The average molecular weight is 400 g/mol. The lowest BCUT2D eigenvalue weighted by Crippen LogP contribution is -2.20. The van der Waals surface area contributed by atoms with Crippen LogP contribution in [-0.4, -0.2) is 29.3 Å². The van der Waals surface area contributed by atoms with E-state index in [9.17, 15) is 14.4 Å². The Morgan fingerprint density at radius 3 is 2.43 bits per heavy atom.